The average molecular weight is 209 g/mol. The van der Waals surface area contributed by atoms with Gasteiger partial charge in [-0.25, -0.2) is 9.93 Å². The molecular weight excluding hydrogens is 197 g/mol. The van der Waals surface area contributed by atoms with Crippen molar-refractivity contribution in [1.29, 1.82) is 0 Å². The summed E-state index contributed by atoms with van der Waals surface area (Å²) in [6.07, 6.45) is 0. The fourth-order valence-electron chi connectivity index (χ4n) is 1.46. The SMILES string of the molecule is CN1NNN=C1c1cc(F)ccc1CN. The van der Waals surface area contributed by atoms with Crippen molar-refractivity contribution in [2.24, 2.45) is 10.8 Å². The standard InChI is InChI=1S/C9H12FN5/c1-15-9(12-13-14-15)8-4-7(10)3-2-6(8)5-11/h2-4,13-14H,5,11H2,1H3. The van der Waals surface area contributed by atoms with E-state index in [0.29, 0.717) is 17.9 Å². The van der Waals surface area contributed by atoms with Crippen molar-refractivity contribution < 1.29 is 4.39 Å². The first kappa shape index (κ1) is 9.88. The molecule has 0 saturated carbocycles. The van der Waals surface area contributed by atoms with E-state index in [0.717, 1.165) is 5.56 Å². The van der Waals surface area contributed by atoms with Crippen LogP contribution in [0.25, 0.3) is 0 Å². The van der Waals surface area contributed by atoms with Crippen LogP contribution in [0.2, 0.25) is 0 Å². The van der Waals surface area contributed by atoms with Gasteiger partial charge in [0.25, 0.3) is 0 Å². The highest BCUT2D eigenvalue weighted by Crippen LogP contribution is 2.14. The Morgan fingerprint density at radius 2 is 2.33 bits per heavy atom. The number of rotatable bonds is 2. The molecule has 0 unspecified atom stereocenters. The molecule has 0 aliphatic carbocycles. The predicted molar refractivity (Wildman–Crippen MR) is 54.9 cm³/mol. The van der Waals surface area contributed by atoms with Gasteiger partial charge in [0.15, 0.2) is 5.84 Å². The molecule has 0 bridgehead atoms. The Balaban J connectivity index is 2.46. The second-order valence-corrected chi connectivity index (χ2v) is 3.22. The third kappa shape index (κ3) is 1.77. The van der Waals surface area contributed by atoms with Crippen LogP contribution < -0.4 is 16.8 Å². The van der Waals surface area contributed by atoms with Crippen LogP contribution in [0.4, 0.5) is 4.39 Å². The van der Waals surface area contributed by atoms with Gasteiger partial charge in [0.2, 0.25) is 0 Å². The molecule has 1 heterocycles. The second kappa shape index (κ2) is 3.84. The maximum atomic E-state index is 13.1. The van der Waals surface area contributed by atoms with Crippen LogP contribution in [-0.4, -0.2) is 17.9 Å². The lowest BCUT2D eigenvalue weighted by atomic mass is 10.1. The number of amidine groups is 1. The van der Waals surface area contributed by atoms with E-state index in [2.05, 4.69) is 16.2 Å². The molecule has 0 amide bonds. The molecule has 2 rings (SSSR count). The molecule has 15 heavy (non-hydrogen) atoms. The fraction of sp³-hybridized carbons (Fsp3) is 0.222. The van der Waals surface area contributed by atoms with Crippen LogP contribution in [0.15, 0.2) is 23.3 Å². The van der Waals surface area contributed by atoms with Gasteiger partial charge in [0.1, 0.15) is 5.82 Å². The van der Waals surface area contributed by atoms with Crippen LogP contribution in [-0.2, 0) is 6.54 Å². The van der Waals surface area contributed by atoms with Crippen LogP contribution in [0, 0.1) is 5.82 Å². The number of nitrogens with one attached hydrogen (secondary N) is 2. The van der Waals surface area contributed by atoms with Gasteiger partial charge in [0, 0.05) is 19.2 Å². The third-order valence-corrected chi connectivity index (χ3v) is 2.23. The molecule has 1 aromatic carbocycles. The van der Waals surface area contributed by atoms with Crippen molar-refractivity contribution in [3.63, 3.8) is 0 Å². The summed E-state index contributed by atoms with van der Waals surface area (Å²) in [5.41, 5.74) is 12.5. The minimum Gasteiger partial charge on any atom is -0.326 e. The molecule has 0 spiro atoms. The Morgan fingerprint density at radius 3 is 2.93 bits per heavy atom. The molecule has 1 aromatic rings. The van der Waals surface area contributed by atoms with Crippen molar-refractivity contribution in [2.45, 2.75) is 6.54 Å². The van der Waals surface area contributed by atoms with E-state index < -0.39 is 0 Å². The highest BCUT2D eigenvalue weighted by atomic mass is 19.1. The van der Waals surface area contributed by atoms with Gasteiger partial charge >= 0.3 is 0 Å². The lowest BCUT2D eigenvalue weighted by Gasteiger charge is -2.14. The average Bonchev–Trinajstić information content (AvgIpc) is 2.64. The largest absolute Gasteiger partial charge is 0.326 e. The Kier molecular flexibility index (Phi) is 2.53. The molecule has 6 heteroatoms. The van der Waals surface area contributed by atoms with E-state index >= 15 is 0 Å². The Morgan fingerprint density at radius 1 is 1.53 bits per heavy atom. The minimum absolute atomic E-state index is 0.301. The van der Waals surface area contributed by atoms with Crippen molar-refractivity contribution in [3.05, 3.63) is 35.1 Å². The van der Waals surface area contributed by atoms with Crippen LogP contribution in [0.5, 0.6) is 0 Å². The molecule has 80 valence electrons. The van der Waals surface area contributed by atoms with E-state index in [1.807, 2.05) is 0 Å². The van der Waals surface area contributed by atoms with Gasteiger partial charge in [-0.15, -0.1) is 10.6 Å². The maximum absolute atomic E-state index is 13.1. The number of hydrazone groups is 1. The van der Waals surface area contributed by atoms with Crippen LogP contribution >= 0.6 is 0 Å². The maximum Gasteiger partial charge on any atom is 0.173 e. The number of hydrazine groups is 2. The summed E-state index contributed by atoms with van der Waals surface area (Å²) in [5, 5.41) is 5.66. The third-order valence-electron chi connectivity index (χ3n) is 2.23. The summed E-state index contributed by atoms with van der Waals surface area (Å²) in [6.45, 7) is 0.350. The Hall–Kier alpha value is -1.66. The van der Waals surface area contributed by atoms with Gasteiger partial charge in [-0.05, 0) is 17.7 Å². The highest BCUT2D eigenvalue weighted by molar-refractivity contribution is 6.00. The number of nitrogens with zero attached hydrogens (tertiary/aromatic N) is 2. The monoisotopic (exact) mass is 209 g/mol. The zero-order valence-corrected chi connectivity index (χ0v) is 8.29. The molecular formula is C9H12FN5. The topological polar surface area (TPSA) is 65.7 Å². The van der Waals surface area contributed by atoms with Gasteiger partial charge in [-0.2, -0.15) is 0 Å². The summed E-state index contributed by atoms with van der Waals surface area (Å²) in [4.78, 5) is 0. The zero-order chi connectivity index (χ0) is 10.8. The molecule has 0 aromatic heterocycles. The predicted octanol–water partition coefficient (Wildman–Crippen LogP) is -0.0994. The number of hydrogen-bond acceptors (Lipinski definition) is 5. The summed E-state index contributed by atoms with van der Waals surface area (Å²) < 4.78 is 13.1. The van der Waals surface area contributed by atoms with E-state index in [9.17, 15) is 4.39 Å². The number of nitrogens with two attached hydrogens (primary N) is 1. The second-order valence-electron chi connectivity index (χ2n) is 3.22. The first-order valence-corrected chi connectivity index (χ1v) is 4.53. The van der Waals surface area contributed by atoms with Crippen molar-refractivity contribution in [3.8, 4) is 0 Å². The molecule has 1 aliphatic heterocycles. The molecule has 0 atom stereocenters. The molecule has 0 radical (unpaired) electrons. The summed E-state index contributed by atoms with van der Waals surface area (Å²) in [6, 6.07) is 4.48. The number of halogens is 1. The quantitative estimate of drug-likeness (QED) is 0.636. The molecule has 4 N–H and O–H groups in total. The highest BCUT2D eigenvalue weighted by Gasteiger charge is 2.17. The van der Waals surface area contributed by atoms with Crippen LogP contribution in [0.1, 0.15) is 11.1 Å². The smallest absolute Gasteiger partial charge is 0.173 e. The fourth-order valence-corrected chi connectivity index (χ4v) is 1.46. The van der Waals surface area contributed by atoms with Crippen molar-refractivity contribution >= 4 is 5.84 Å². The van der Waals surface area contributed by atoms with E-state index in [1.54, 1.807) is 18.1 Å². The first-order valence-electron chi connectivity index (χ1n) is 4.53. The summed E-state index contributed by atoms with van der Waals surface area (Å²) in [5.74, 6) is 0.320. The van der Waals surface area contributed by atoms with Gasteiger partial charge in [-0.1, -0.05) is 6.07 Å². The minimum atomic E-state index is -0.301. The summed E-state index contributed by atoms with van der Waals surface area (Å²) >= 11 is 0. The Bertz CT molecular complexity index is 403. The lowest BCUT2D eigenvalue weighted by molar-refractivity contribution is 0.348. The Labute approximate surface area is 86.7 Å². The van der Waals surface area contributed by atoms with Gasteiger partial charge < -0.3 is 5.73 Å². The van der Waals surface area contributed by atoms with E-state index in [1.165, 1.54) is 12.1 Å². The molecule has 5 nitrogen and oxygen atoms in total. The van der Waals surface area contributed by atoms with Crippen molar-refractivity contribution in [1.82, 2.24) is 16.1 Å². The van der Waals surface area contributed by atoms with Crippen molar-refractivity contribution in [2.75, 3.05) is 7.05 Å². The van der Waals surface area contributed by atoms with Gasteiger partial charge in [-0.3, -0.25) is 5.01 Å². The lowest BCUT2D eigenvalue weighted by Crippen LogP contribution is -2.38. The molecule has 0 saturated heterocycles. The first-order chi connectivity index (χ1) is 7.22. The zero-order valence-electron chi connectivity index (χ0n) is 8.29. The normalized spacial score (nSPS) is 15.1. The molecule has 0 fully saturated rings. The van der Waals surface area contributed by atoms with E-state index in [4.69, 9.17) is 5.73 Å². The number of hydrogen-bond donors (Lipinski definition) is 3. The van der Waals surface area contributed by atoms with Crippen LogP contribution in [0.3, 0.4) is 0 Å². The van der Waals surface area contributed by atoms with E-state index in [-0.39, 0.29) is 5.82 Å². The number of benzene rings is 1. The summed E-state index contributed by atoms with van der Waals surface area (Å²) in [7, 11) is 1.78. The molecule has 1 aliphatic rings. The van der Waals surface area contributed by atoms with Gasteiger partial charge in [0.05, 0.1) is 0 Å².